The molecule has 2 rings (SSSR count). The Labute approximate surface area is 139 Å². The van der Waals surface area contributed by atoms with Crippen molar-refractivity contribution in [3.63, 3.8) is 0 Å². The highest BCUT2D eigenvalue weighted by molar-refractivity contribution is 7.09. The summed E-state index contributed by atoms with van der Waals surface area (Å²) in [6, 6.07) is -0.280. The third-order valence-electron chi connectivity index (χ3n) is 3.27. The lowest BCUT2D eigenvalue weighted by molar-refractivity contribution is 0.236. The third kappa shape index (κ3) is 5.02. The molecule has 8 heteroatoms. The molecule has 0 aromatic carbocycles. The van der Waals surface area contributed by atoms with Gasteiger partial charge in [-0.3, -0.25) is 0 Å². The molecular weight excluding hydrogens is 314 g/mol. The number of rotatable bonds is 7. The number of amides is 2. The average molecular weight is 337 g/mol. The van der Waals surface area contributed by atoms with Crippen molar-refractivity contribution in [1.82, 2.24) is 25.8 Å². The fourth-order valence-electron chi connectivity index (χ4n) is 1.97. The summed E-state index contributed by atoms with van der Waals surface area (Å²) in [5.41, 5.74) is 0.975. The van der Waals surface area contributed by atoms with E-state index in [0.717, 1.165) is 17.1 Å². The van der Waals surface area contributed by atoms with Gasteiger partial charge in [0.1, 0.15) is 5.01 Å². The summed E-state index contributed by atoms with van der Waals surface area (Å²) in [5.74, 6) is 1.46. The van der Waals surface area contributed by atoms with E-state index in [1.807, 2.05) is 33.1 Å². The number of aryl methyl sites for hydroxylation is 1. The van der Waals surface area contributed by atoms with Crippen LogP contribution in [0.4, 0.5) is 4.79 Å². The molecule has 0 fully saturated rings. The summed E-state index contributed by atoms with van der Waals surface area (Å²) in [5, 5.41) is 12.6. The first-order valence-corrected chi connectivity index (χ1v) is 8.66. The van der Waals surface area contributed by atoms with Crippen molar-refractivity contribution in [1.29, 1.82) is 0 Å². The van der Waals surface area contributed by atoms with Crippen molar-refractivity contribution in [2.45, 2.75) is 52.5 Å². The normalized spacial score (nSPS) is 12.4. The van der Waals surface area contributed by atoms with Crippen molar-refractivity contribution in [2.24, 2.45) is 0 Å². The van der Waals surface area contributed by atoms with Gasteiger partial charge >= 0.3 is 6.03 Å². The Morgan fingerprint density at radius 1 is 1.39 bits per heavy atom. The Morgan fingerprint density at radius 2 is 2.17 bits per heavy atom. The highest BCUT2D eigenvalue weighted by atomic mass is 32.1. The maximum Gasteiger partial charge on any atom is 0.315 e. The van der Waals surface area contributed by atoms with E-state index in [2.05, 4.69) is 25.8 Å². The zero-order valence-electron chi connectivity index (χ0n) is 13.9. The fourth-order valence-corrected chi connectivity index (χ4v) is 2.90. The van der Waals surface area contributed by atoms with Gasteiger partial charge < -0.3 is 15.2 Å². The molecule has 0 radical (unpaired) electrons. The van der Waals surface area contributed by atoms with E-state index >= 15 is 0 Å². The summed E-state index contributed by atoms with van der Waals surface area (Å²) in [4.78, 5) is 20.7. The Balaban J connectivity index is 1.77. The molecule has 23 heavy (non-hydrogen) atoms. The van der Waals surface area contributed by atoms with Crippen LogP contribution in [0, 0.1) is 6.92 Å². The lowest BCUT2D eigenvalue weighted by atomic mass is 10.2. The van der Waals surface area contributed by atoms with Crippen LogP contribution in [0.2, 0.25) is 0 Å². The first-order chi connectivity index (χ1) is 11.0. The smallest absolute Gasteiger partial charge is 0.315 e. The van der Waals surface area contributed by atoms with Crippen LogP contribution < -0.4 is 10.6 Å². The second-order valence-electron chi connectivity index (χ2n) is 5.64. The minimum Gasteiger partial charge on any atom is -0.339 e. The van der Waals surface area contributed by atoms with Crippen LogP contribution in [-0.4, -0.2) is 27.7 Å². The van der Waals surface area contributed by atoms with E-state index in [-0.39, 0.29) is 18.0 Å². The van der Waals surface area contributed by atoms with Crippen LogP contribution in [-0.2, 0) is 6.42 Å². The van der Waals surface area contributed by atoms with E-state index < -0.39 is 0 Å². The van der Waals surface area contributed by atoms with Crippen LogP contribution in [0.1, 0.15) is 61.6 Å². The number of urea groups is 1. The number of carbonyl (C=O) groups is 1. The Bertz CT molecular complexity index is 637. The minimum atomic E-state index is -0.215. The molecule has 2 aromatic rings. The predicted molar refractivity (Wildman–Crippen MR) is 88.5 cm³/mol. The fraction of sp³-hybridized carbons (Fsp3) is 0.600. The summed E-state index contributed by atoms with van der Waals surface area (Å²) in [7, 11) is 0. The predicted octanol–water partition coefficient (Wildman–Crippen LogP) is 2.95. The molecule has 2 heterocycles. The molecule has 0 unspecified atom stereocenters. The number of nitrogens with zero attached hydrogens (tertiary/aromatic N) is 3. The molecule has 0 saturated carbocycles. The lowest BCUT2D eigenvalue weighted by Gasteiger charge is -2.14. The maximum atomic E-state index is 12.0. The molecule has 2 amide bonds. The molecule has 0 spiro atoms. The Morgan fingerprint density at radius 3 is 2.74 bits per heavy atom. The highest BCUT2D eigenvalue weighted by Crippen LogP contribution is 2.20. The summed E-state index contributed by atoms with van der Waals surface area (Å²) >= 11 is 1.56. The van der Waals surface area contributed by atoms with Crippen LogP contribution in [0.3, 0.4) is 0 Å². The Hall–Kier alpha value is -1.96. The highest BCUT2D eigenvalue weighted by Gasteiger charge is 2.16. The molecule has 0 aliphatic rings. The van der Waals surface area contributed by atoms with Gasteiger partial charge in [-0.2, -0.15) is 4.98 Å². The monoisotopic (exact) mass is 337 g/mol. The number of hydrogen-bond donors (Lipinski definition) is 2. The summed E-state index contributed by atoms with van der Waals surface area (Å²) in [6.45, 7) is 8.42. The van der Waals surface area contributed by atoms with Crippen molar-refractivity contribution in [3.8, 4) is 0 Å². The SMILES string of the molecule is CC[C@@H](NC(=O)NCCc1nc(C(C)C)no1)c1nc(C)cs1. The molecule has 7 nitrogen and oxygen atoms in total. The summed E-state index contributed by atoms with van der Waals surface area (Å²) < 4.78 is 5.14. The van der Waals surface area contributed by atoms with Gasteiger partial charge in [0, 0.05) is 30.0 Å². The molecule has 0 aliphatic carbocycles. The van der Waals surface area contributed by atoms with E-state index in [1.54, 1.807) is 11.3 Å². The topological polar surface area (TPSA) is 92.9 Å². The van der Waals surface area contributed by atoms with Gasteiger partial charge in [0.05, 0.1) is 6.04 Å². The number of carbonyl (C=O) groups excluding carboxylic acids is 1. The molecule has 126 valence electrons. The number of hydrogen-bond acceptors (Lipinski definition) is 6. The van der Waals surface area contributed by atoms with Crippen molar-refractivity contribution in [3.05, 3.63) is 27.8 Å². The molecule has 0 bridgehead atoms. The average Bonchev–Trinajstić information content (AvgIpc) is 3.14. The van der Waals surface area contributed by atoms with Gasteiger partial charge in [0.2, 0.25) is 5.89 Å². The van der Waals surface area contributed by atoms with E-state index in [1.165, 1.54) is 0 Å². The van der Waals surface area contributed by atoms with E-state index in [9.17, 15) is 4.79 Å². The zero-order chi connectivity index (χ0) is 16.8. The van der Waals surface area contributed by atoms with Crippen molar-refractivity contribution >= 4 is 17.4 Å². The second-order valence-corrected chi connectivity index (χ2v) is 6.53. The van der Waals surface area contributed by atoms with Gasteiger partial charge in [0.15, 0.2) is 5.82 Å². The molecule has 2 aromatic heterocycles. The quantitative estimate of drug-likeness (QED) is 0.810. The van der Waals surface area contributed by atoms with Gasteiger partial charge in [-0.1, -0.05) is 25.9 Å². The van der Waals surface area contributed by atoms with Gasteiger partial charge in [-0.25, -0.2) is 9.78 Å². The summed E-state index contributed by atoms with van der Waals surface area (Å²) in [6.07, 6.45) is 1.31. The molecule has 0 aliphatic heterocycles. The van der Waals surface area contributed by atoms with Crippen LogP contribution in [0.25, 0.3) is 0 Å². The first-order valence-electron chi connectivity index (χ1n) is 7.78. The first kappa shape index (κ1) is 17.4. The van der Waals surface area contributed by atoms with E-state index in [4.69, 9.17) is 4.52 Å². The molecular formula is C15H23N5O2S. The van der Waals surface area contributed by atoms with Gasteiger partial charge in [0.25, 0.3) is 0 Å². The molecule has 2 N–H and O–H groups in total. The largest absolute Gasteiger partial charge is 0.339 e. The molecule has 0 saturated heterocycles. The third-order valence-corrected chi connectivity index (χ3v) is 4.35. The van der Waals surface area contributed by atoms with Crippen molar-refractivity contribution in [2.75, 3.05) is 6.54 Å². The van der Waals surface area contributed by atoms with Crippen molar-refractivity contribution < 1.29 is 9.32 Å². The number of thiazole rings is 1. The standard InChI is InChI=1S/C15H23N5O2S/c1-5-11(14-17-10(4)8-23-14)18-15(21)16-7-6-12-19-13(9(2)3)20-22-12/h8-9,11H,5-7H2,1-4H3,(H2,16,18,21)/t11-/m1/s1. The van der Waals surface area contributed by atoms with Gasteiger partial charge in [-0.05, 0) is 13.3 Å². The maximum absolute atomic E-state index is 12.0. The van der Waals surface area contributed by atoms with Crippen LogP contribution >= 0.6 is 11.3 Å². The second kappa shape index (κ2) is 8.05. The minimum absolute atomic E-state index is 0.0651. The Kier molecular flexibility index (Phi) is 6.09. The number of nitrogens with one attached hydrogen (secondary N) is 2. The van der Waals surface area contributed by atoms with Crippen LogP contribution in [0.15, 0.2) is 9.90 Å². The van der Waals surface area contributed by atoms with Gasteiger partial charge in [-0.15, -0.1) is 11.3 Å². The zero-order valence-corrected chi connectivity index (χ0v) is 14.7. The van der Waals surface area contributed by atoms with E-state index in [0.29, 0.717) is 24.7 Å². The number of aromatic nitrogens is 3. The molecule has 1 atom stereocenters. The van der Waals surface area contributed by atoms with Crippen LogP contribution in [0.5, 0.6) is 0 Å². The lowest BCUT2D eigenvalue weighted by Crippen LogP contribution is -2.38.